The monoisotopic (exact) mass is 309 g/mol. The van der Waals surface area contributed by atoms with E-state index >= 15 is 0 Å². The van der Waals surface area contributed by atoms with Crippen LogP contribution in [-0.2, 0) is 5.41 Å². The van der Waals surface area contributed by atoms with Gasteiger partial charge < -0.3 is 11.1 Å². The Bertz CT molecular complexity index is 421. The summed E-state index contributed by atoms with van der Waals surface area (Å²) in [5.41, 5.74) is 6.95. The second kappa shape index (κ2) is 6.59. The lowest BCUT2D eigenvalue weighted by Crippen LogP contribution is -2.33. The van der Waals surface area contributed by atoms with Gasteiger partial charge >= 0.3 is 0 Å². The van der Waals surface area contributed by atoms with Gasteiger partial charge in [0.15, 0.2) is 5.96 Å². The maximum absolute atomic E-state index is 5.75. The van der Waals surface area contributed by atoms with Gasteiger partial charge in [-0.1, -0.05) is 48.0 Å². The predicted octanol–water partition coefficient (Wildman–Crippen LogP) is 2.82. The number of halogens is 1. The fourth-order valence-electron chi connectivity index (χ4n) is 1.51. The molecular weight excluding hydrogens is 290 g/mol. The van der Waals surface area contributed by atoms with E-state index in [2.05, 4.69) is 58.8 Å². The standard InChI is InChI=1S/C14H20BrN3/c1-4-9-17-13(16)18-10-14(2,3)11-5-7-12(15)8-6-11/h4-8H,1,9-10H2,2-3H3,(H3,16,17,18). The van der Waals surface area contributed by atoms with Crippen molar-refractivity contribution in [2.24, 2.45) is 10.7 Å². The molecule has 0 saturated heterocycles. The molecule has 0 aliphatic heterocycles. The number of hydrogen-bond acceptors (Lipinski definition) is 1. The molecule has 1 rings (SSSR count). The number of nitrogens with zero attached hydrogens (tertiary/aromatic N) is 1. The molecule has 0 aliphatic carbocycles. The summed E-state index contributed by atoms with van der Waals surface area (Å²) in [7, 11) is 0. The highest BCUT2D eigenvalue weighted by Gasteiger charge is 2.19. The fraction of sp³-hybridized carbons (Fsp3) is 0.357. The van der Waals surface area contributed by atoms with Crippen LogP contribution >= 0.6 is 15.9 Å². The average Bonchev–Trinajstić information content (AvgIpc) is 2.34. The highest BCUT2D eigenvalue weighted by atomic mass is 79.9. The van der Waals surface area contributed by atoms with E-state index in [1.165, 1.54) is 5.56 Å². The highest BCUT2D eigenvalue weighted by Crippen LogP contribution is 2.24. The van der Waals surface area contributed by atoms with E-state index < -0.39 is 0 Å². The molecule has 0 bridgehead atoms. The molecule has 0 unspecified atom stereocenters. The Morgan fingerprint density at radius 2 is 2.06 bits per heavy atom. The van der Waals surface area contributed by atoms with Gasteiger partial charge in [-0.3, -0.25) is 4.99 Å². The van der Waals surface area contributed by atoms with Crippen LogP contribution in [0.4, 0.5) is 0 Å². The van der Waals surface area contributed by atoms with Crippen molar-refractivity contribution in [3.8, 4) is 0 Å². The lowest BCUT2D eigenvalue weighted by atomic mass is 9.85. The molecule has 18 heavy (non-hydrogen) atoms. The van der Waals surface area contributed by atoms with Crippen molar-refractivity contribution >= 4 is 21.9 Å². The van der Waals surface area contributed by atoms with Gasteiger partial charge in [-0.2, -0.15) is 0 Å². The molecule has 4 heteroatoms. The van der Waals surface area contributed by atoms with E-state index in [4.69, 9.17) is 5.73 Å². The number of nitrogens with two attached hydrogens (primary N) is 1. The van der Waals surface area contributed by atoms with Crippen LogP contribution in [-0.4, -0.2) is 19.0 Å². The Balaban J connectivity index is 2.69. The maximum atomic E-state index is 5.75. The van der Waals surface area contributed by atoms with E-state index in [1.807, 2.05) is 12.1 Å². The summed E-state index contributed by atoms with van der Waals surface area (Å²) in [4.78, 5) is 4.36. The molecule has 0 radical (unpaired) electrons. The number of guanidine groups is 1. The molecular formula is C14H20BrN3. The number of nitrogens with one attached hydrogen (secondary N) is 1. The first-order valence-electron chi connectivity index (χ1n) is 5.86. The number of aliphatic imine (C=N–C) groups is 1. The van der Waals surface area contributed by atoms with E-state index in [1.54, 1.807) is 6.08 Å². The number of benzene rings is 1. The molecule has 0 aliphatic rings. The fourth-order valence-corrected chi connectivity index (χ4v) is 1.77. The SMILES string of the molecule is C=CCNC(N)=NCC(C)(C)c1ccc(Br)cc1. The Morgan fingerprint density at radius 1 is 1.44 bits per heavy atom. The summed E-state index contributed by atoms with van der Waals surface area (Å²) in [5.74, 6) is 0.458. The van der Waals surface area contributed by atoms with Gasteiger partial charge in [0.25, 0.3) is 0 Å². The van der Waals surface area contributed by atoms with Crippen LogP contribution in [0.5, 0.6) is 0 Å². The van der Waals surface area contributed by atoms with Crippen LogP contribution in [0.2, 0.25) is 0 Å². The zero-order valence-electron chi connectivity index (χ0n) is 10.9. The van der Waals surface area contributed by atoms with Gasteiger partial charge in [-0.05, 0) is 17.7 Å². The minimum Gasteiger partial charge on any atom is -0.370 e. The zero-order valence-corrected chi connectivity index (χ0v) is 12.5. The normalized spacial score (nSPS) is 12.3. The Hall–Kier alpha value is -1.29. The van der Waals surface area contributed by atoms with Crippen LogP contribution in [0.15, 0.2) is 46.4 Å². The molecule has 0 spiro atoms. The third-order valence-corrected chi connectivity index (χ3v) is 3.23. The van der Waals surface area contributed by atoms with Crippen LogP contribution in [0.25, 0.3) is 0 Å². The number of rotatable bonds is 5. The van der Waals surface area contributed by atoms with Crippen molar-refractivity contribution in [3.05, 3.63) is 47.0 Å². The minimum atomic E-state index is -0.0405. The molecule has 1 aromatic rings. The second-order valence-corrected chi connectivity index (χ2v) is 5.68. The second-order valence-electron chi connectivity index (χ2n) is 4.76. The van der Waals surface area contributed by atoms with Crippen molar-refractivity contribution in [2.45, 2.75) is 19.3 Å². The third kappa shape index (κ3) is 4.53. The molecule has 98 valence electrons. The van der Waals surface area contributed by atoms with E-state index in [9.17, 15) is 0 Å². The molecule has 0 aromatic heterocycles. The third-order valence-electron chi connectivity index (χ3n) is 2.70. The summed E-state index contributed by atoms with van der Waals surface area (Å²) in [6.45, 7) is 9.20. The van der Waals surface area contributed by atoms with Gasteiger partial charge in [0.2, 0.25) is 0 Å². The first-order valence-corrected chi connectivity index (χ1v) is 6.66. The largest absolute Gasteiger partial charge is 0.370 e. The Labute approximate surface area is 117 Å². The first-order chi connectivity index (χ1) is 8.45. The minimum absolute atomic E-state index is 0.0405. The molecule has 0 fully saturated rings. The van der Waals surface area contributed by atoms with Gasteiger partial charge in [0, 0.05) is 16.4 Å². The van der Waals surface area contributed by atoms with Crippen LogP contribution < -0.4 is 11.1 Å². The van der Waals surface area contributed by atoms with E-state index in [-0.39, 0.29) is 5.41 Å². The molecule has 3 nitrogen and oxygen atoms in total. The lowest BCUT2D eigenvalue weighted by molar-refractivity contribution is 0.539. The van der Waals surface area contributed by atoms with Gasteiger partial charge in [-0.25, -0.2) is 0 Å². The lowest BCUT2D eigenvalue weighted by Gasteiger charge is -2.23. The van der Waals surface area contributed by atoms with Crippen molar-refractivity contribution in [2.75, 3.05) is 13.1 Å². The molecule has 0 amide bonds. The first kappa shape index (κ1) is 14.8. The van der Waals surface area contributed by atoms with Crippen LogP contribution in [0, 0.1) is 0 Å². The van der Waals surface area contributed by atoms with Crippen LogP contribution in [0.3, 0.4) is 0 Å². The molecule has 1 aromatic carbocycles. The summed E-state index contributed by atoms with van der Waals surface area (Å²) >= 11 is 3.44. The smallest absolute Gasteiger partial charge is 0.188 e. The summed E-state index contributed by atoms with van der Waals surface area (Å²) in [5, 5.41) is 2.97. The Morgan fingerprint density at radius 3 is 2.61 bits per heavy atom. The average molecular weight is 310 g/mol. The topological polar surface area (TPSA) is 50.4 Å². The summed E-state index contributed by atoms with van der Waals surface area (Å²) < 4.78 is 1.08. The maximum Gasteiger partial charge on any atom is 0.188 e. The molecule has 0 atom stereocenters. The highest BCUT2D eigenvalue weighted by molar-refractivity contribution is 9.10. The van der Waals surface area contributed by atoms with E-state index in [0.717, 1.165) is 4.47 Å². The quantitative estimate of drug-likeness (QED) is 0.499. The predicted molar refractivity (Wildman–Crippen MR) is 81.9 cm³/mol. The Kier molecular flexibility index (Phi) is 5.41. The van der Waals surface area contributed by atoms with Gasteiger partial charge in [-0.15, -0.1) is 6.58 Å². The summed E-state index contributed by atoms with van der Waals surface area (Å²) in [6.07, 6.45) is 1.75. The summed E-state index contributed by atoms with van der Waals surface area (Å²) in [6, 6.07) is 8.29. The van der Waals surface area contributed by atoms with Crippen molar-refractivity contribution in [1.82, 2.24) is 5.32 Å². The van der Waals surface area contributed by atoms with Crippen molar-refractivity contribution < 1.29 is 0 Å². The van der Waals surface area contributed by atoms with Crippen LogP contribution in [0.1, 0.15) is 19.4 Å². The zero-order chi connectivity index (χ0) is 13.6. The van der Waals surface area contributed by atoms with Crippen molar-refractivity contribution in [3.63, 3.8) is 0 Å². The van der Waals surface area contributed by atoms with Crippen molar-refractivity contribution in [1.29, 1.82) is 0 Å². The van der Waals surface area contributed by atoms with E-state index in [0.29, 0.717) is 19.0 Å². The molecule has 0 saturated carbocycles. The van der Waals surface area contributed by atoms with Gasteiger partial charge in [0.1, 0.15) is 0 Å². The van der Waals surface area contributed by atoms with Gasteiger partial charge in [0.05, 0.1) is 6.54 Å². The number of hydrogen-bond donors (Lipinski definition) is 2. The molecule has 0 heterocycles. The molecule has 3 N–H and O–H groups in total.